The molecule has 0 unspecified atom stereocenters. The second-order valence-corrected chi connectivity index (χ2v) is 7.28. The van der Waals surface area contributed by atoms with Crippen LogP contribution in [-0.2, 0) is 11.2 Å². The van der Waals surface area contributed by atoms with Crippen LogP contribution in [0.1, 0.15) is 35.7 Å². The van der Waals surface area contributed by atoms with Gasteiger partial charge in [-0.3, -0.25) is 14.9 Å². The third-order valence-electron chi connectivity index (χ3n) is 5.03. The number of rotatable bonds is 4. The summed E-state index contributed by atoms with van der Waals surface area (Å²) in [6, 6.07) is 12.5. The van der Waals surface area contributed by atoms with E-state index >= 15 is 0 Å². The van der Waals surface area contributed by atoms with Crippen molar-refractivity contribution < 1.29 is 18.8 Å². The molecule has 2 aromatic carbocycles. The number of amides is 4. The Balaban J connectivity index is 1.47. The number of hydrogen-bond donors (Lipinski definition) is 2. The van der Waals surface area contributed by atoms with E-state index in [1.807, 2.05) is 0 Å². The maximum atomic E-state index is 13.0. The van der Waals surface area contributed by atoms with Gasteiger partial charge < -0.3 is 10.2 Å². The fourth-order valence-electron chi connectivity index (χ4n) is 3.45. The quantitative estimate of drug-likeness (QED) is 0.828. The predicted molar refractivity (Wildman–Crippen MR) is 108 cm³/mol. The Kier molecular flexibility index (Phi) is 6.59. The van der Waals surface area contributed by atoms with Gasteiger partial charge in [0.05, 0.1) is 0 Å². The van der Waals surface area contributed by atoms with E-state index in [1.165, 1.54) is 19.1 Å². The van der Waals surface area contributed by atoms with E-state index in [1.54, 1.807) is 41.3 Å². The van der Waals surface area contributed by atoms with Gasteiger partial charge in [-0.1, -0.05) is 12.1 Å². The van der Waals surface area contributed by atoms with Crippen LogP contribution in [-0.4, -0.2) is 35.8 Å². The van der Waals surface area contributed by atoms with Gasteiger partial charge in [-0.25, -0.2) is 9.18 Å². The highest BCUT2D eigenvalue weighted by Crippen LogP contribution is 2.22. The number of hydrogen-bond acceptors (Lipinski definition) is 3. The number of imide groups is 1. The topological polar surface area (TPSA) is 78.5 Å². The smallest absolute Gasteiger partial charge is 0.324 e. The third-order valence-corrected chi connectivity index (χ3v) is 5.03. The lowest BCUT2D eigenvalue weighted by molar-refractivity contribution is -0.114. The molecule has 1 saturated heterocycles. The molecular weight excluding hydrogens is 373 g/mol. The van der Waals surface area contributed by atoms with Crippen molar-refractivity contribution in [1.82, 2.24) is 10.2 Å². The first-order chi connectivity index (χ1) is 13.9. The van der Waals surface area contributed by atoms with Crippen molar-refractivity contribution in [3.05, 3.63) is 65.5 Å². The first kappa shape index (κ1) is 20.5. The Labute approximate surface area is 169 Å². The summed E-state index contributed by atoms with van der Waals surface area (Å²) in [5, 5.41) is 5.04. The zero-order chi connectivity index (χ0) is 20.8. The van der Waals surface area contributed by atoms with Gasteiger partial charge in [0, 0.05) is 31.3 Å². The highest BCUT2D eigenvalue weighted by molar-refractivity contribution is 6.04. The van der Waals surface area contributed by atoms with Crippen LogP contribution in [0.15, 0.2) is 48.5 Å². The van der Waals surface area contributed by atoms with Gasteiger partial charge in [-0.2, -0.15) is 0 Å². The van der Waals surface area contributed by atoms with E-state index in [0.29, 0.717) is 30.3 Å². The van der Waals surface area contributed by atoms with Crippen molar-refractivity contribution in [2.24, 2.45) is 5.92 Å². The lowest BCUT2D eigenvalue weighted by Gasteiger charge is -2.31. The van der Waals surface area contributed by atoms with Crippen LogP contribution in [0.4, 0.5) is 14.9 Å². The number of carbonyl (C=O) groups is 3. The number of nitrogens with one attached hydrogen (secondary N) is 2. The van der Waals surface area contributed by atoms with Crippen LogP contribution in [0.3, 0.4) is 0 Å². The molecule has 29 heavy (non-hydrogen) atoms. The molecule has 7 heteroatoms. The average molecular weight is 397 g/mol. The molecule has 0 spiro atoms. The first-order valence-corrected chi connectivity index (χ1v) is 9.63. The summed E-state index contributed by atoms with van der Waals surface area (Å²) in [4.78, 5) is 37.4. The van der Waals surface area contributed by atoms with Crippen molar-refractivity contribution in [3.8, 4) is 0 Å². The van der Waals surface area contributed by atoms with Gasteiger partial charge in [0.15, 0.2) is 0 Å². The number of likely N-dealkylation sites (tertiary alicyclic amines) is 1. The minimum Gasteiger partial charge on any atom is -0.326 e. The summed E-state index contributed by atoms with van der Waals surface area (Å²) >= 11 is 0. The normalized spacial score (nSPS) is 14.3. The fraction of sp³-hybridized carbons (Fsp3) is 0.318. The van der Waals surface area contributed by atoms with Gasteiger partial charge in [0.25, 0.3) is 5.91 Å². The molecule has 3 rings (SSSR count). The Morgan fingerprint density at radius 2 is 1.62 bits per heavy atom. The van der Waals surface area contributed by atoms with Gasteiger partial charge in [-0.05, 0) is 67.1 Å². The standard InChI is InChI=1S/C22H24FN3O3/c1-15(27)24-20-8-4-18(5-9-20)21(28)25-22(29)26-12-10-17(11-13-26)14-16-2-6-19(23)7-3-16/h2-9,17H,10-14H2,1H3,(H,24,27)(H,25,28,29). The van der Waals surface area contributed by atoms with Crippen LogP contribution in [0, 0.1) is 11.7 Å². The second-order valence-electron chi connectivity index (χ2n) is 7.28. The van der Waals surface area contributed by atoms with Gasteiger partial charge >= 0.3 is 6.03 Å². The molecule has 1 aliphatic heterocycles. The van der Waals surface area contributed by atoms with Crippen molar-refractivity contribution >= 4 is 23.5 Å². The molecule has 6 nitrogen and oxygen atoms in total. The molecule has 0 radical (unpaired) electrons. The Bertz CT molecular complexity index is 873. The van der Waals surface area contributed by atoms with Gasteiger partial charge in [-0.15, -0.1) is 0 Å². The fourth-order valence-corrected chi connectivity index (χ4v) is 3.45. The first-order valence-electron chi connectivity index (χ1n) is 9.63. The molecule has 1 fully saturated rings. The number of urea groups is 1. The molecule has 2 N–H and O–H groups in total. The maximum Gasteiger partial charge on any atom is 0.324 e. The zero-order valence-electron chi connectivity index (χ0n) is 16.3. The van der Waals surface area contributed by atoms with Crippen molar-refractivity contribution in [2.45, 2.75) is 26.2 Å². The highest BCUT2D eigenvalue weighted by Gasteiger charge is 2.24. The van der Waals surface area contributed by atoms with E-state index in [-0.39, 0.29) is 11.7 Å². The minimum absolute atomic E-state index is 0.194. The molecule has 0 saturated carbocycles. The predicted octanol–water partition coefficient (Wildman–Crippen LogP) is 3.59. The molecule has 0 aliphatic carbocycles. The largest absolute Gasteiger partial charge is 0.326 e. The van der Waals surface area contributed by atoms with Crippen LogP contribution < -0.4 is 10.6 Å². The number of piperidine rings is 1. The minimum atomic E-state index is -0.474. The van der Waals surface area contributed by atoms with Crippen molar-refractivity contribution in [3.63, 3.8) is 0 Å². The summed E-state index contributed by atoms with van der Waals surface area (Å²) in [5.74, 6) is -0.478. The molecule has 1 heterocycles. The molecule has 2 aromatic rings. The van der Waals surface area contributed by atoms with Crippen LogP contribution in [0.2, 0.25) is 0 Å². The SMILES string of the molecule is CC(=O)Nc1ccc(C(=O)NC(=O)N2CCC(Cc3ccc(F)cc3)CC2)cc1. The number of benzene rings is 2. The Morgan fingerprint density at radius 3 is 2.21 bits per heavy atom. The monoisotopic (exact) mass is 397 g/mol. The Hall–Kier alpha value is -3.22. The van der Waals surface area contributed by atoms with Crippen LogP contribution in [0.5, 0.6) is 0 Å². The van der Waals surface area contributed by atoms with Crippen molar-refractivity contribution in [1.29, 1.82) is 0 Å². The van der Waals surface area contributed by atoms with E-state index in [2.05, 4.69) is 10.6 Å². The second kappa shape index (κ2) is 9.32. The molecule has 152 valence electrons. The highest BCUT2D eigenvalue weighted by atomic mass is 19.1. The molecule has 4 amide bonds. The van der Waals surface area contributed by atoms with E-state index in [4.69, 9.17) is 0 Å². The number of nitrogens with zero attached hydrogens (tertiary/aromatic N) is 1. The molecule has 0 atom stereocenters. The van der Waals surface area contributed by atoms with Crippen LogP contribution >= 0.6 is 0 Å². The van der Waals surface area contributed by atoms with Crippen LogP contribution in [0.25, 0.3) is 0 Å². The van der Waals surface area contributed by atoms with E-state index < -0.39 is 11.9 Å². The Morgan fingerprint density at radius 1 is 1.00 bits per heavy atom. The number of carbonyl (C=O) groups excluding carboxylic acids is 3. The summed E-state index contributed by atoms with van der Waals surface area (Å²) in [7, 11) is 0. The summed E-state index contributed by atoms with van der Waals surface area (Å²) in [6.07, 6.45) is 2.53. The van der Waals surface area contributed by atoms with Crippen molar-refractivity contribution in [2.75, 3.05) is 18.4 Å². The summed E-state index contributed by atoms with van der Waals surface area (Å²) < 4.78 is 13.0. The average Bonchev–Trinajstić information content (AvgIpc) is 2.70. The third kappa shape index (κ3) is 5.88. The molecule has 0 aromatic heterocycles. The number of halogens is 1. The van der Waals surface area contributed by atoms with Gasteiger partial charge in [0.1, 0.15) is 5.82 Å². The molecule has 1 aliphatic rings. The zero-order valence-corrected chi connectivity index (χ0v) is 16.3. The van der Waals surface area contributed by atoms with E-state index in [0.717, 1.165) is 24.8 Å². The molecule has 0 bridgehead atoms. The lowest BCUT2D eigenvalue weighted by Crippen LogP contribution is -2.46. The van der Waals surface area contributed by atoms with Gasteiger partial charge in [0.2, 0.25) is 5.91 Å². The summed E-state index contributed by atoms with van der Waals surface area (Å²) in [5.41, 5.74) is 2.02. The molecular formula is C22H24FN3O3. The number of anilines is 1. The maximum absolute atomic E-state index is 13.0. The van der Waals surface area contributed by atoms with E-state index in [9.17, 15) is 18.8 Å². The lowest BCUT2D eigenvalue weighted by atomic mass is 9.90. The summed E-state index contributed by atoms with van der Waals surface area (Å²) in [6.45, 7) is 2.56.